The van der Waals surface area contributed by atoms with Crippen molar-refractivity contribution >= 4 is 50.9 Å². The first-order valence-electron chi connectivity index (χ1n) is 5.37. The molecule has 0 aliphatic rings. The number of thioether (sulfide) groups is 1. The minimum atomic E-state index is -0.337. The number of hydrogen-bond acceptors (Lipinski definition) is 4. The second-order valence-electron chi connectivity index (χ2n) is 3.63. The van der Waals surface area contributed by atoms with Gasteiger partial charge < -0.3 is 10.1 Å². The number of anilines is 1. The molecular formula is C12H15BrClNO2S. The number of esters is 1. The van der Waals surface area contributed by atoms with E-state index in [2.05, 4.69) is 21.2 Å². The first-order valence-corrected chi connectivity index (χ1v) is 7.93. The molecule has 0 heterocycles. The smallest absolute Gasteiger partial charge is 0.328 e. The van der Waals surface area contributed by atoms with Crippen LogP contribution in [0.3, 0.4) is 0 Å². The maximum Gasteiger partial charge on any atom is 0.328 e. The van der Waals surface area contributed by atoms with Gasteiger partial charge in [-0.25, -0.2) is 4.79 Å². The zero-order valence-electron chi connectivity index (χ0n) is 10.2. The predicted molar refractivity (Wildman–Crippen MR) is 81.6 cm³/mol. The minimum absolute atomic E-state index is 0.255. The van der Waals surface area contributed by atoms with E-state index in [4.69, 9.17) is 16.3 Å². The second-order valence-corrected chi connectivity index (χ2v) is 5.88. The van der Waals surface area contributed by atoms with Crippen molar-refractivity contribution in [3.05, 3.63) is 27.7 Å². The van der Waals surface area contributed by atoms with Crippen molar-refractivity contribution in [2.75, 3.05) is 24.4 Å². The zero-order valence-corrected chi connectivity index (χ0v) is 13.4. The number of ether oxygens (including phenoxy) is 1. The molecule has 3 nitrogen and oxygen atoms in total. The Morgan fingerprint density at radius 1 is 1.61 bits per heavy atom. The molecular weight excluding hydrogens is 338 g/mol. The molecule has 0 spiro atoms. The molecule has 1 N–H and O–H groups in total. The maximum atomic E-state index is 11.6. The molecule has 1 aromatic carbocycles. The molecule has 1 rings (SSSR count). The Hall–Kier alpha value is -0.390. The Labute approximate surface area is 125 Å². The van der Waals surface area contributed by atoms with Crippen LogP contribution in [0.4, 0.5) is 5.69 Å². The zero-order chi connectivity index (χ0) is 13.5. The summed E-state index contributed by atoms with van der Waals surface area (Å²) in [5.74, 6) is 0.636. The standard InChI is InChI=1S/C12H15BrClNO2S/c1-17-12(16)11(5-6-18-2)15-8-3-4-10(14)9(13)7-8/h3-4,7,11,15H,5-6H2,1-2H3. The molecule has 0 radical (unpaired) electrons. The van der Waals surface area contributed by atoms with Crippen molar-refractivity contribution in [2.24, 2.45) is 0 Å². The van der Waals surface area contributed by atoms with Crippen molar-refractivity contribution in [3.8, 4) is 0 Å². The van der Waals surface area contributed by atoms with Gasteiger partial charge in [-0.1, -0.05) is 11.6 Å². The van der Waals surface area contributed by atoms with E-state index in [1.54, 1.807) is 17.8 Å². The average molecular weight is 353 g/mol. The van der Waals surface area contributed by atoms with Crippen LogP contribution >= 0.6 is 39.3 Å². The van der Waals surface area contributed by atoms with E-state index in [9.17, 15) is 4.79 Å². The lowest BCUT2D eigenvalue weighted by molar-refractivity contribution is -0.141. The van der Waals surface area contributed by atoms with Crippen molar-refractivity contribution in [1.29, 1.82) is 0 Å². The van der Waals surface area contributed by atoms with Crippen LogP contribution < -0.4 is 5.32 Å². The van der Waals surface area contributed by atoms with Gasteiger partial charge in [-0.2, -0.15) is 11.8 Å². The third-order valence-electron chi connectivity index (χ3n) is 2.36. The third kappa shape index (κ3) is 4.71. The molecule has 18 heavy (non-hydrogen) atoms. The van der Waals surface area contributed by atoms with Gasteiger partial charge in [0.15, 0.2) is 0 Å². The highest BCUT2D eigenvalue weighted by atomic mass is 79.9. The summed E-state index contributed by atoms with van der Waals surface area (Å²) >= 11 is 11.0. The van der Waals surface area contributed by atoms with Crippen LogP contribution in [-0.2, 0) is 9.53 Å². The Morgan fingerprint density at radius 2 is 2.33 bits per heavy atom. The van der Waals surface area contributed by atoms with Gasteiger partial charge in [0.05, 0.1) is 12.1 Å². The molecule has 1 unspecified atom stereocenters. The maximum absolute atomic E-state index is 11.6. The van der Waals surface area contributed by atoms with Gasteiger partial charge in [0.2, 0.25) is 0 Å². The summed E-state index contributed by atoms with van der Waals surface area (Å²) in [6.07, 6.45) is 2.72. The Balaban J connectivity index is 2.75. The highest BCUT2D eigenvalue weighted by molar-refractivity contribution is 9.10. The van der Waals surface area contributed by atoms with Crippen LogP contribution in [0.1, 0.15) is 6.42 Å². The monoisotopic (exact) mass is 351 g/mol. The van der Waals surface area contributed by atoms with Crippen molar-refractivity contribution in [3.63, 3.8) is 0 Å². The fourth-order valence-electron chi connectivity index (χ4n) is 1.41. The van der Waals surface area contributed by atoms with E-state index in [0.717, 1.165) is 15.9 Å². The molecule has 100 valence electrons. The van der Waals surface area contributed by atoms with E-state index in [0.29, 0.717) is 11.4 Å². The molecule has 0 saturated heterocycles. The number of carbonyl (C=O) groups excluding carboxylic acids is 1. The number of benzene rings is 1. The van der Waals surface area contributed by atoms with Crippen LogP contribution in [0.5, 0.6) is 0 Å². The SMILES string of the molecule is COC(=O)C(CCSC)Nc1ccc(Cl)c(Br)c1. The summed E-state index contributed by atoms with van der Waals surface area (Å²) in [6, 6.07) is 5.12. The Bertz CT molecular complexity index is 417. The average Bonchev–Trinajstić information content (AvgIpc) is 2.37. The summed E-state index contributed by atoms with van der Waals surface area (Å²) in [7, 11) is 1.40. The predicted octanol–water partition coefficient (Wildman–Crippen LogP) is 3.81. The summed E-state index contributed by atoms with van der Waals surface area (Å²) in [5, 5.41) is 3.79. The van der Waals surface area contributed by atoms with Crippen LogP contribution in [0.15, 0.2) is 22.7 Å². The quantitative estimate of drug-likeness (QED) is 0.790. The van der Waals surface area contributed by atoms with Gasteiger partial charge in [0.1, 0.15) is 6.04 Å². The van der Waals surface area contributed by atoms with Crippen molar-refractivity contribution < 1.29 is 9.53 Å². The molecule has 0 fully saturated rings. The fraction of sp³-hybridized carbons (Fsp3) is 0.417. The van der Waals surface area contributed by atoms with E-state index in [-0.39, 0.29) is 12.0 Å². The molecule has 0 aliphatic carbocycles. The minimum Gasteiger partial charge on any atom is -0.467 e. The van der Waals surface area contributed by atoms with Gasteiger partial charge in [0.25, 0.3) is 0 Å². The largest absolute Gasteiger partial charge is 0.467 e. The molecule has 0 saturated carbocycles. The molecule has 6 heteroatoms. The van der Waals surface area contributed by atoms with Crippen LogP contribution in [0.25, 0.3) is 0 Å². The van der Waals surface area contributed by atoms with E-state index < -0.39 is 0 Å². The second kappa shape index (κ2) is 7.92. The molecule has 1 atom stereocenters. The molecule has 0 aromatic heterocycles. The van der Waals surface area contributed by atoms with Crippen LogP contribution in [0, 0.1) is 0 Å². The molecule has 1 aromatic rings. The highest BCUT2D eigenvalue weighted by Crippen LogP contribution is 2.26. The number of rotatable bonds is 6. The normalized spacial score (nSPS) is 12.0. The lowest BCUT2D eigenvalue weighted by Gasteiger charge is -2.17. The first-order chi connectivity index (χ1) is 8.58. The highest BCUT2D eigenvalue weighted by Gasteiger charge is 2.18. The van der Waals surface area contributed by atoms with E-state index in [1.165, 1.54) is 7.11 Å². The summed E-state index contributed by atoms with van der Waals surface area (Å²) < 4.78 is 5.58. The van der Waals surface area contributed by atoms with Gasteiger partial charge >= 0.3 is 5.97 Å². The van der Waals surface area contributed by atoms with Crippen molar-refractivity contribution in [1.82, 2.24) is 0 Å². The van der Waals surface area contributed by atoms with E-state index >= 15 is 0 Å². The summed E-state index contributed by atoms with van der Waals surface area (Å²) in [4.78, 5) is 11.6. The van der Waals surface area contributed by atoms with Crippen molar-refractivity contribution in [2.45, 2.75) is 12.5 Å². The fourth-order valence-corrected chi connectivity index (χ4v) is 2.38. The molecule has 0 bridgehead atoms. The van der Waals surface area contributed by atoms with Gasteiger partial charge in [-0.15, -0.1) is 0 Å². The lowest BCUT2D eigenvalue weighted by atomic mass is 10.2. The number of halogens is 2. The van der Waals surface area contributed by atoms with Gasteiger partial charge in [0, 0.05) is 10.2 Å². The number of methoxy groups -OCH3 is 1. The Kier molecular flexibility index (Phi) is 6.89. The van der Waals surface area contributed by atoms with Gasteiger partial charge in [-0.05, 0) is 52.6 Å². The number of hydrogen-bond donors (Lipinski definition) is 1. The summed E-state index contributed by atoms with van der Waals surface area (Å²) in [5.41, 5.74) is 0.836. The lowest BCUT2D eigenvalue weighted by Crippen LogP contribution is -2.31. The third-order valence-corrected chi connectivity index (χ3v) is 4.21. The summed E-state index contributed by atoms with van der Waals surface area (Å²) in [6.45, 7) is 0. The van der Waals surface area contributed by atoms with Crippen LogP contribution in [-0.4, -0.2) is 31.1 Å². The van der Waals surface area contributed by atoms with E-state index in [1.807, 2.05) is 18.4 Å². The molecule has 0 amide bonds. The topological polar surface area (TPSA) is 38.3 Å². The number of nitrogens with one attached hydrogen (secondary N) is 1. The Morgan fingerprint density at radius 3 is 2.89 bits per heavy atom. The molecule has 0 aliphatic heterocycles. The van der Waals surface area contributed by atoms with Gasteiger partial charge in [-0.3, -0.25) is 0 Å². The van der Waals surface area contributed by atoms with Crippen LogP contribution in [0.2, 0.25) is 5.02 Å². The number of carbonyl (C=O) groups is 1. The first kappa shape index (κ1) is 15.7.